The summed E-state index contributed by atoms with van der Waals surface area (Å²) in [6.07, 6.45) is 0. The minimum Gasteiger partial charge on any atom is -0.464 e. The minimum absolute atomic E-state index is 0.145. The number of rotatable bonds is 4. The molecule has 0 fully saturated rings. The van der Waals surface area contributed by atoms with Gasteiger partial charge in [-0.2, -0.15) is 0 Å². The Kier molecular flexibility index (Phi) is 3.43. The Labute approximate surface area is 95.9 Å². The van der Waals surface area contributed by atoms with Crippen molar-refractivity contribution in [1.29, 1.82) is 0 Å². The summed E-state index contributed by atoms with van der Waals surface area (Å²) in [6.45, 7) is 0.479. The third-order valence-corrected chi connectivity index (χ3v) is 2.79. The van der Waals surface area contributed by atoms with Crippen molar-refractivity contribution in [3.8, 4) is 5.19 Å². The van der Waals surface area contributed by atoms with Gasteiger partial charge in [-0.15, -0.1) is 5.10 Å². The number of benzene rings is 1. The van der Waals surface area contributed by atoms with E-state index >= 15 is 0 Å². The quantitative estimate of drug-likeness (QED) is 0.882. The first-order valence-corrected chi connectivity index (χ1v) is 5.50. The van der Waals surface area contributed by atoms with Crippen molar-refractivity contribution in [2.75, 3.05) is 0 Å². The number of nitrogens with zero attached hydrogens (tertiary/aromatic N) is 2. The highest BCUT2D eigenvalue weighted by Gasteiger charge is 2.05. The summed E-state index contributed by atoms with van der Waals surface area (Å²) in [5.41, 5.74) is 5.88. The van der Waals surface area contributed by atoms with E-state index in [1.54, 1.807) is 18.2 Å². The van der Waals surface area contributed by atoms with Gasteiger partial charge in [0.15, 0.2) is 0 Å². The van der Waals surface area contributed by atoms with Crippen molar-refractivity contribution >= 4 is 11.3 Å². The van der Waals surface area contributed by atoms with Gasteiger partial charge in [-0.3, -0.25) is 0 Å². The van der Waals surface area contributed by atoms with Crippen LogP contribution in [0.5, 0.6) is 5.19 Å². The topological polar surface area (TPSA) is 61.0 Å². The lowest BCUT2D eigenvalue weighted by Gasteiger charge is -2.02. The summed E-state index contributed by atoms with van der Waals surface area (Å²) in [5, 5.41) is 8.67. The molecule has 0 saturated carbocycles. The molecule has 0 aliphatic heterocycles. The van der Waals surface area contributed by atoms with Crippen LogP contribution in [0.25, 0.3) is 0 Å². The Hall–Kier alpha value is -1.53. The van der Waals surface area contributed by atoms with Gasteiger partial charge in [-0.05, 0) is 6.07 Å². The second kappa shape index (κ2) is 5.00. The zero-order valence-electron chi connectivity index (χ0n) is 8.39. The average Bonchev–Trinajstić information content (AvgIpc) is 2.76. The molecule has 0 spiro atoms. The molecule has 0 aliphatic rings. The van der Waals surface area contributed by atoms with Crippen molar-refractivity contribution in [3.05, 3.63) is 40.7 Å². The summed E-state index contributed by atoms with van der Waals surface area (Å²) >= 11 is 1.27. The number of hydrogen-bond donors (Lipinski definition) is 1. The van der Waals surface area contributed by atoms with E-state index in [-0.39, 0.29) is 12.4 Å². The average molecular weight is 239 g/mol. The molecule has 0 amide bonds. The van der Waals surface area contributed by atoms with E-state index in [0.717, 1.165) is 0 Å². The molecule has 0 unspecified atom stereocenters. The molecule has 0 bridgehead atoms. The fraction of sp³-hybridized carbons (Fsp3) is 0.200. The van der Waals surface area contributed by atoms with Crippen LogP contribution in [-0.2, 0) is 13.2 Å². The van der Waals surface area contributed by atoms with E-state index in [0.29, 0.717) is 22.3 Å². The van der Waals surface area contributed by atoms with Crippen LogP contribution in [0.4, 0.5) is 4.39 Å². The third-order valence-electron chi connectivity index (χ3n) is 1.93. The molecule has 1 heterocycles. The standard InChI is InChI=1S/C10H10FN3OS/c11-8-4-2-1-3-7(8)6-15-10-14-13-9(5-12)16-10/h1-4H,5-6,12H2. The molecule has 16 heavy (non-hydrogen) atoms. The zero-order chi connectivity index (χ0) is 11.4. The van der Waals surface area contributed by atoms with Crippen molar-refractivity contribution in [2.24, 2.45) is 5.73 Å². The molecule has 2 rings (SSSR count). The van der Waals surface area contributed by atoms with Crippen LogP contribution in [0.3, 0.4) is 0 Å². The predicted octanol–water partition coefficient (Wildman–Crippen LogP) is 1.71. The molecule has 6 heteroatoms. The number of nitrogens with two attached hydrogens (primary N) is 1. The van der Waals surface area contributed by atoms with Crippen molar-refractivity contribution in [2.45, 2.75) is 13.2 Å². The number of ether oxygens (including phenoxy) is 1. The van der Waals surface area contributed by atoms with Crippen molar-refractivity contribution < 1.29 is 9.13 Å². The van der Waals surface area contributed by atoms with Gasteiger partial charge in [0.05, 0.1) is 0 Å². The lowest BCUT2D eigenvalue weighted by molar-refractivity contribution is 0.295. The lowest BCUT2D eigenvalue weighted by atomic mass is 10.2. The molecule has 0 radical (unpaired) electrons. The Morgan fingerprint density at radius 3 is 2.81 bits per heavy atom. The monoisotopic (exact) mass is 239 g/mol. The van der Waals surface area contributed by atoms with Gasteiger partial charge in [0.2, 0.25) is 0 Å². The maximum absolute atomic E-state index is 13.2. The molecule has 2 N–H and O–H groups in total. The number of aromatic nitrogens is 2. The van der Waals surface area contributed by atoms with Crippen LogP contribution in [-0.4, -0.2) is 10.2 Å². The third kappa shape index (κ3) is 2.53. The van der Waals surface area contributed by atoms with E-state index < -0.39 is 0 Å². The van der Waals surface area contributed by atoms with E-state index in [2.05, 4.69) is 10.2 Å². The van der Waals surface area contributed by atoms with Crippen LogP contribution < -0.4 is 10.5 Å². The maximum Gasteiger partial charge on any atom is 0.294 e. The molecular weight excluding hydrogens is 229 g/mol. The molecule has 1 aromatic carbocycles. The fourth-order valence-electron chi connectivity index (χ4n) is 1.13. The van der Waals surface area contributed by atoms with E-state index in [1.165, 1.54) is 17.4 Å². The molecule has 2 aromatic rings. The summed E-state index contributed by atoms with van der Waals surface area (Å²) in [5.74, 6) is -0.286. The number of hydrogen-bond acceptors (Lipinski definition) is 5. The first-order valence-electron chi connectivity index (χ1n) is 4.68. The lowest BCUT2D eigenvalue weighted by Crippen LogP contribution is -1.97. The molecular formula is C10H10FN3OS. The summed E-state index contributed by atoms with van der Waals surface area (Å²) < 4.78 is 18.5. The van der Waals surface area contributed by atoms with Gasteiger partial charge < -0.3 is 10.5 Å². The van der Waals surface area contributed by atoms with Gasteiger partial charge in [-0.1, -0.05) is 34.6 Å². The van der Waals surface area contributed by atoms with Crippen molar-refractivity contribution in [3.63, 3.8) is 0 Å². The predicted molar refractivity (Wildman–Crippen MR) is 58.5 cm³/mol. The highest BCUT2D eigenvalue weighted by Crippen LogP contribution is 2.19. The van der Waals surface area contributed by atoms with E-state index in [1.807, 2.05) is 0 Å². The van der Waals surface area contributed by atoms with Gasteiger partial charge >= 0.3 is 0 Å². The maximum atomic E-state index is 13.2. The molecule has 0 saturated heterocycles. The highest BCUT2D eigenvalue weighted by atomic mass is 32.1. The second-order valence-electron chi connectivity index (χ2n) is 3.05. The Bertz CT molecular complexity index is 475. The van der Waals surface area contributed by atoms with Crippen LogP contribution in [0.15, 0.2) is 24.3 Å². The second-order valence-corrected chi connectivity index (χ2v) is 4.07. The Morgan fingerprint density at radius 1 is 1.31 bits per heavy atom. The minimum atomic E-state index is -0.286. The summed E-state index contributed by atoms with van der Waals surface area (Å²) in [7, 11) is 0. The first kappa shape index (κ1) is 11.0. The Balaban J connectivity index is 1.99. The molecule has 4 nitrogen and oxygen atoms in total. The molecule has 84 valence electrons. The van der Waals surface area contributed by atoms with Gasteiger partial charge in [0.1, 0.15) is 17.4 Å². The largest absolute Gasteiger partial charge is 0.464 e. The van der Waals surface area contributed by atoms with Crippen molar-refractivity contribution in [1.82, 2.24) is 10.2 Å². The van der Waals surface area contributed by atoms with E-state index in [9.17, 15) is 4.39 Å². The molecule has 1 aromatic heterocycles. The fourth-order valence-corrected chi connectivity index (χ4v) is 1.70. The number of halogens is 1. The smallest absolute Gasteiger partial charge is 0.294 e. The highest BCUT2D eigenvalue weighted by molar-refractivity contribution is 7.13. The van der Waals surface area contributed by atoms with Crippen LogP contribution in [0, 0.1) is 5.82 Å². The van der Waals surface area contributed by atoms with Crippen LogP contribution >= 0.6 is 11.3 Å². The van der Waals surface area contributed by atoms with Gasteiger partial charge in [0.25, 0.3) is 5.19 Å². The zero-order valence-corrected chi connectivity index (χ0v) is 9.21. The molecule has 0 atom stereocenters. The normalized spacial score (nSPS) is 10.4. The molecule has 0 aliphatic carbocycles. The van der Waals surface area contributed by atoms with Crippen LogP contribution in [0.2, 0.25) is 0 Å². The summed E-state index contributed by atoms with van der Waals surface area (Å²) in [4.78, 5) is 0. The van der Waals surface area contributed by atoms with Gasteiger partial charge in [-0.25, -0.2) is 4.39 Å². The summed E-state index contributed by atoms with van der Waals surface area (Å²) in [6, 6.07) is 6.45. The Morgan fingerprint density at radius 2 is 2.12 bits per heavy atom. The van der Waals surface area contributed by atoms with Crippen LogP contribution in [0.1, 0.15) is 10.6 Å². The SMILES string of the molecule is NCc1nnc(OCc2ccccc2F)s1. The van der Waals surface area contributed by atoms with Gasteiger partial charge in [0, 0.05) is 12.1 Å². The first-order chi connectivity index (χ1) is 7.79. The van der Waals surface area contributed by atoms with E-state index in [4.69, 9.17) is 10.5 Å².